The van der Waals surface area contributed by atoms with Crippen molar-refractivity contribution in [3.63, 3.8) is 0 Å². The maximum atomic E-state index is 5.76. The lowest BCUT2D eigenvalue weighted by Gasteiger charge is -2.26. The van der Waals surface area contributed by atoms with E-state index in [-0.39, 0.29) is 5.95 Å². The Morgan fingerprint density at radius 2 is 2.00 bits per heavy atom. The van der Waals surface area contributed by atoms with Crippen molar-refractivity contribution in [3.05, 3.63) is 5.82 Å². The van der Waals surface area contributed by atoms with Crippen LogP contribution in [0.4, 0.5) is 11.9 Å². The van der Waals surface area contributed by atoms with Gasteiger partial charge in [0.15, 0.2) is 4.34 Å². The lowest BCUT2D eigenvalue weighted by Crippen LogP contribution is -2.37. The molecule has 0 saturated carbocycles. The van der Waals surface area contributed by atoms with Crippen molar-refractivity contribution in [2.24, 2.45) is 0 Å². The van der Waals surface area contributed by atoms with E-state index in [2.05, 4.69) is 24.3 Å². The molecule has 2 N–H and O–H groups in total. The summed E-state index contributed by atoms with van der Waals surface area (Å²) in [6.07, 6.45) is 0. The molecule has 0 unspecified atom stereocenters. The minimum atomic E-state index is 0.213. The highest BCUT2D eigenvalue weighted by atomic mass is 32.2. The molecule has 1 aliphatic heterocycles. The van der Waals surface area contributed by atoms with Crippen LogP contribution in [0.5, 0.6) is 0 Å². The second-order valence-electron chi connectivity index (χ2n) is 4.09. The summed E-state index contributed by atoms with van der Waals surface area (Å²) < 4.78 is 10.2. The van der Waals surface area contributed by atoms with E-state index in [0.717, 1.165) is 23.3 Å². The molecule has 0 amide bonds. The van der Waals surface area contributed by atoms with Crippen molar-refractivity contribution in [2.75, 3.05) is 36.9 Å². The summed E-state index contributed by atoms with van der Waals surface area (Å²) in [6.45, 7) is 4.70. The molecule has 0 aliphatic carbocycles. The molecule has 0 aromatic carbocycles. The van der Waals surface area contributed by atoms with Gasteiger partial charge in [-0.2, -0.15) is 19.3 Å². The molecule has 3 rings (SSSR count). The largest absolute Gasteiger partial charge is 0.378 e. The molecular weight excluding hydrogens is 298 g/mol. The standard InChI is InChI=1S/C10H13N7OS2/c1-6-12-10(20-16-6)19-9-14-7(11)13-8(15-9)17-2-4-18-5-3-17/h2-5H2,1H3,(H2,11,13,14,15). The normalized spacial score (nSPS) is 15.6. The van der Waals surface area contributed by atoms with E-state index < -0.39 is 0 Å². The fourth-order valence-corrected chi connectivity index (χ4v) is 3.22. The van der Waals surface area contributed by atoms with Gasteiger partial charge in [-0.3, -0.25) is 0 Å². The fourth-order valence-electron chi connectivity index (χ4n) is 1.71. The summed E-state index contributed by atoms with van der Waals surface area (Å²) in [4.78, 5) is 19.1. The monoisotopic (exact) mass is 311 g/mol. The van der Waals surface area contributed by atoms with Crippen LogP contribution >= 0.6 is 23.3 Å². The van der Waals surface area contributed by atoms with Gasteiger partial charge in [-0.05, 0) is 30.2 Å². The number of hydrogen-bond acceptors (Lipinski definition) is 10. The van der Waals surface area contributed by atoms with E-state index >= 15 is 0 Å². The quantitative estimate of drug-likeness (QED) is 0.872. The third-order valence-electron chi connectivity index (χ3n) is 2.60. The van der Waals surface area contributed by atoms with E-state index in [1.54, 1.807) is 0 Å². The second kappa shape index (κ2) is 5.85. The van der Waals surface area contributed by atoms with Gasteiger partial charge in [0.25, 0.3) is 0 Å². The minimum Gasteiger partial charge on any atom is -0.378 e. The van der Waals surface area contributed by atoms with Crippen molar-refractivity contribution in [1.29, 1.82) is 0 Å². The third-order valence-corrected chi connectivity index (χ3v) is 4.31. The average Bonchev–Trinajstić information content (AvgIpc) is 2.84. The Bertz CT molecular complexity index is 599. The van der Waals surface area contributed by atoms with Gasteiger partial charge >= 0.3 is 0 Å². The summed E-state index contributed by atoms with van der Waals surface area (Å²) in [5.41, 5.74) is 5.76. The molecule has 0 spiro atoms. The SMILES string of the molecule is Cc1nsc(Sc2nc(N)nc(N3CCOCC3)n2)n1. The van der Waals surface area contributed by atoms with Crippen molar-refractivity contribution in [1.82, 2.24) is 24.3 Å². The van der Waals surface area contributed by atoms with Crippen LogP contribution in [0.1, 0.15) is 5.82 Å². The van der Waals surface area contributed by atoms with Gasteiger partial charge in [0.1, 0.15) is 5.82 Å². The van der Waals surface area contributed by atoms with E-state index in [1.165, 1.54) is 23.3 Å². The number of nitrogens with two attached hydrogens (primary N) is 1. The van der Waals surface area contributed by atoms with Crippen LogP contribution in [0.15, 0.2) is 9.50 Å². The molecule has 20 heavy (non-hydrogen) atoms. The number of anilines is 2. The van der Waals surface area contributed by atoms with E-state index in [4.69, 9.17) is 10.5 Å². The zero-order chi connectivity index (χ0) is 13.9. The second-order valence-corrected chi connectivity index (χ2v) is 6.05. The Morgan fingerprint density at radius 3 is 2.70 bits per heavy atom. The topological polar surface area (TPSA) is 103 Å². The van der Waals surface area contributed by atoms with Crippen LogP contribution in [0.2, 0.25) is 0 Å². The maximum Gasteiger partial charge on any atom is 0.231 e. The van der Waals surface area contributed by atoms with Gasteiger partial charge in [-0.15, -0.1) is 0 Å². The first kappa shape index (κ1) is 13.5. The number of morpholine rings is 1. The van der Waals surface area contributed by atoms with Gasteiger partial charge < -0.3 is 15.4 Å². The number of aromatic nitrogens is 5. The summed E-state index contributed by atoms with van der Waals surface area (Å²) in [7, 11) is 0. The Hall–Kier alpha value is -1.52. The minimum absolute atomic E-state index is 0.213. The Balaban J connectivity index is 1.82. The van der Waals surface area contributed by atoms with E-state index in [1.807, 2.05) is 11.8 Å². The first-order valence-corrected chi connectivity index (χ1v) is 7.62. The van der Waals surface area contributed by atoms with Crippen LogP contribution in [-0.2, 0) is 4.74 Å². The fraction of sp³-hybridized carbons (Fsp3) is 0.500. The molecule has 1 aliphatic rings. The predicted octanol–water partition coefficient (Wildman–Crippen LogP) is 0.602. The maximum absolute atomic E-state index is 5.76. The van der Waals surface area contributed by atoms with Crippen LogP contribution in [-0.4, -0.2) is 50.6 Å². The van der Waals surface area contributed by atoms with Crippen LogP contribution < -0.4 is 10.6 Å². The van der Waals surface area contributed by atoms with E-state index in [9.17, 15) is 0 Å². The summed E-state index contributed by atoms with van der Waals surface area (Å²) in [5, 5.41) is 0.537. The molecule has 0 atom stereocenters. The van der Waals surface area contributed by atoms with E-state index in [0.29, 0.717) is 24.3 Å². The number of hydrogen-bond donors (Lipinski definition) is 1. The van der Waals surface area contributed by atoms with Gasteiger partial charge in [-0.25, -0.2) is 4.98 Å². The molecule has 2 aromatic heterocycles. The summed E-state index contributed by atoms with van der Waals surface area (Å²) in [5.74, 6) is 1.54. The zero-order valence-corrected chi connectivity index (χ0v) is 12.4. The molecule has 8 nitrogen and oxygen atoms in total. The number of nitrogen functional groups attached to an aromatic ring is 1. The molecule has 106 valence electrons. The Labute approximate surface area is 124 Å². The highest BCUT2D eigenvalue weighted by Gasteiger charge is 2.17. The van der Waals surface area contributed by atoms with Gasteiger partial charge in [0, 0.05) is 13.1 Å². The molecule has 1 fully saturated rings. The number of ether oxygens (including phenoxy) is 1. The van der Waals surface area contributed by atoms with Crippen molar-refractivity contribution >= 4 is 35.2 Å². The van der Waals surface area contributed by atoms with Crippen molar-refractivity contribution < 1.29 is 4.74 Å². The molecule has 10 heteroatoms. The first-order chi connectivity index (χ1) is 9.70. The van der Waals surface area contributed by atoms with Crippen LogP contribution in [0.3, 0.4) is 0 Å². The predicted molar refractivity (Wildman–Crippen MR) is 76.0 cm³/mol. The van der Waals surface area contributed by atoms with Crippen LogP contribution in [0.25, 0.3) is 0 Å². The molecule has 2 aromatic rings. The Kier molecular flexibility index (Phi) is 3.94. The Morgan fingerprint density at radius 1 is 1.20 bits per heavy atom. The molecule has 1 saturated heterocycles. The number of rotatable bonds is 3. The highest BCUT2D eigenvalue weighted by Crippen LogP contribution is 2.27. The molecule has 0 radical (unpaired) electrons. The van der Waals surface area contributed by atoms with Gasteiger partial charge in [-0.1, -0.05) is 0 Å². The van der Waals surface area contributed by atoms with Gasteiger partial charge in [0.05, 0.1) is 13.2 Å². The first-order valence-electron chi connectivity index (χ1n) is 6.03. The lowest BCUT2D eigenvalue weighted by molar-refractivity contribution is 0.122. The van der Waals surface area contributed by atoms with Crippen molar-refractivity contribution in [3.8, 4) is 0 Å². The zero-order valence-electron chi connectivity index (χ0n) is 10.8. The summed E-state index contributed by atoms with van der Waals surface area (Å²) in [6, 6.07) is 0. The number of aryl methyl sites for hydroxylation is 1. The van der Waals surface area contributed by atoms with Crippen molar-refractivity contribution in [2.45, 2.75) is 16.4 Å². The van der Waals surface area contributed by atoms with Gasteiger partial charge in [0.2, 0.25) is 17.1 Å². The summed E-state index contributed by atoms with van der Waals surface area (Å²) >= 11 is 2.66. The molecular formula is C10H13N7OS2. The molecule has 3 heterocycles. The number of nitrogens with zero attached hydrogens (tertiary/aromatic N) is 6. The molecule has 0 bridgehead atoms. The van der Waals surface area contributed by atoms with Crippen LogP contribution in [0, 0.1) is 6.92 Å². The lowest BCUT2D eigenvalue weighted by atomic mass is 10.4. The third kappa shape index (κ3) is 3.14. The smallest absolute Gasteiger partial charge is 0.231 e. The highest BCUT2D eigenvalue weighted by molar-refractivity contribution is 8.00. The average molecular weight is 311 g/mol.